The molecule has 0 amide bonds. The largest absolute Gasteiger partial charge is 0.504 e. The molecule has 0 aliphatic carbocycles. The van der Waals surface area contributed by atoms with E-state index in [1.54, 1.807) is 6.07 Å². The Morgan fingerprint density at radius 2 is 2.35 bits per heavy atom. The number of piperidine rings is 1. The van der Waals surface area contributed by atoms with Crippen molar-refractivity contribution in [3.05, 3.63) is 23.5 Å². The molecule has 1 aromatic carbocycles. The SMILES string of the molecule is COc1c(O)ccc(CC2CCCNC2)c1F. The molecule has 1 aliphatic rings. The minimum Gasteiger partial charge on any atom is -0.504 e. The highest BCUT2D eigenvalue weighted by Crippen LogP contribution is 2.32. The molecule has 2 N–H and O–H groups in total. The summed E-state index contributed by atoms with van der Waals surface area (Å²) in [5.41, 5.74) is 0.619. The van der Waals surface area contributed by atoms with Gasteiger partial charge in [0.1, 0.15) is 0 Å². The minimum atomic E-state index is -0.432. The molecule has 1 unspecified atom stereocenters. The van der Waals surface area contributed by atoms with Crippen LogP contribution in [-0.2, 0) is 6.42 Å². The Bertz CT molecular complexity index is 389. The van der Waals surface area contributed by atoms with Gasteiger partial charge in [-0.3, -0.25) is 0 Å². The molecule has 0 radical (unpaired) electrons. The standard InChI is InChI=1S/C13H18FNO2/c1-17-13-11(16)5-4-10(12(13)14)7-9-3-2-6-15-8-9/h4-5,9,15-16H,2-3,6-8H2,1H3. The molecule has 0 spiro atoms. The summed E-state index contributed by atoms with van der Waals surface area (Å²) in [5.74, 6) is -0.160. The number of phenols is 1. The van der Waals surface area contributed by atoms with Crippen molar-refractivity contribution in [2.75, 3.05) is 20.2 Å². The lowest BCUT2D eigenvalue weighted by Gasteiger charge is -2.23. The van der Waals surface area contributed by atoms with E-state index < -0.39 is 5.82 Å². The lowest BCUT2D eigenvalue weighted by Crippen LogP contribution is -2.31. The molecule has 17 heavy (non-hydrogen) atoms. The van der Waals surface area contributed by atoms with Crippen LogP contribution in [0.2, 0.25) is 0 Å². The van der Waals surface area contributed by atoms with E-state index in [2.05, 4.69) is 5.32 Å². The number of phenolic OH excluding ortho intramolecular Hbond substituents is 1. The predicted molar refractivity (Wildman–Crippen MR) is 63.9 cm³/mol. The number of hydrogen-bond acceptors (Lipinski definition) is 3. The van der Waals surface area contributed by atoms with E-state index in [0.717, 1.165) is 25.9 Å². The van der Waals surface area contributed by atoms with Crippen LogP contribution in [0, 0.1) is 11.7 Å². The maximum absolute atomic E-state index is 14.0. The van der Waals surface area contributed by atoms with E-state index in [9.17, 15) is 9.50 Å². The van der Waals surface area contributed by atoms with Crippen LogP contribution in [0.1, 0.15) is 18.4 Å². The zero-order valence-corrected chi connectivity index (χ0v) is 10.0. The summed E-state index contributed by atoms with van der Waals surface area (Å²) in [6.45, 7) is 1.99. The van der Waals surface area contributed by atoms with Crippen molar-refractivity contribution in [3.8, 4) is 11.5 Å². The Morgan fingerprint density at radius 1 is 1.53 bits per heavy atom. The molecule has 4 heteroatoms. The van der Waals surface area contributed by atoms with Crippen LogP contribution in [0.5, 0.6) is 11.5 Å². The van der Waals surface area contributed by atoms with Crippen LogP contribution in [0.15, 0.2) is 12.1 Å². The van der Waals surface area contributed by atoms with Gasteiger partial charge < -0.3 is 15.2 Å². The van der Waals surface area contributed by atoms with Crippen molar-refractivity contribution in [3.63, 3.8) is 0 Å². The summed E-state index contributed by atoms with van der Waals surface area (Å²) in [5, 5.41) is 12.8. The molecule has 3 nitrogen and oxygen atoms in total. The summed E-state index contributed by atoms with van der Waals surface area (Å²) in [7, 11) is 1.37. The predicted octanol–water partition coefficient (Wildman–Crippen LogP) is 2.08. The first-order chi connectivity index (χ1) is 8.22. The number of aromatic hydroxyl groups is 1. The van der Waals surface area contributed by atoms with Crippen molar-refractivity contribution in [1.82, 2.24) is 5.32 Å². The third kappa shape index (κ3) is 2.69. The average molecular weight is 239 g/mol. The second-order valence-electron chi connectivity index (χ2n) is 4.51. The van der Waals surface area contributed by atoms with E-state index in [0.29, 0.717) is 17.9 Å². The van der Waals surface area contributed by atoms with Crippen LogP contribution in [0.25, 0.3) is 0 Å². The fraction of sp³-hybridized carbons (Fsp3) is 0.538. The van der Waals surface area contributed by atoms with E-state index in [1.807, 2.05) is 0 Å². The number of benzene rings is 1. The summed E-state index contributed by atoms with van der Waals surface area (Å²) in [4.78, 5) is 0. The van der Waals surface area contributed by atoms with Gasteiger partial charge in [0.25, 0.3) is 0 Å². The molecule has 94 valence electrons. The second-order valence-corrected chi connectivity index (χ2v) is 4.51. The van der Waals surface area contributed by atoms with Gasteiger partial charge in [-0.25, -0.2) is 4.39 Å². The maximum atomic E-state index is 14.0. The number of ether oxygens (including phenoxy) is 1. The zero-order chi connectivity index (χ0) is 12.3. The Labute approximate surface area is 101 Å². The van der Waals surface area contributed by atoms with E-state index in [1.165, 1.54) is 13.2 Å². The van der Waals surface area contributed by atoms with Gasteiger partial charge in [0.15, 0.2) is 17.3 Å². The molecular weight excluding hydrogens is 221 g/mol. The molecular formula is C13H18FNO2. The smallest absolute Gasteiger partial charge is 0.196 e. The van der Waals surface area contributed by atoms with E-state index >= 15 is 0 Å². The lowest BCUT2D eigenvalue weighted by molar-refractivity contribution is 0.342. The van der Waals surface area contributed by atoms with Crippen LogP contribution >= 0.6 is 0 Å². The van der Waals surface area contributed by atoms with Crippen molar-refractivity contribution in [1.29, 1.82) is 0 Å². The summed E-state index contributed by atoms with van der Waals surface area (Å²) in [6, 6.07) is 3.13. The van der Waals surface area contributed by atoms with Gasteiger partial charge in [-0.15, -0.1) is 0 Å². The van der Waals surface area contributed by atoms with Crippen LogP contribution < -0.4 is 10.1 Å². The molecule has 0 bridgehead atoms. The van der Waals surface area contributed by atoms with Crippen LogP contribution in [-0.4, -0.2) is 25.3 Å². The number of methoxy groups -OCH3 is 1. The molecule has 2 rings (SSSR count). The summed E-state index contributed by atoms with van der Waals surface area (Å²) < 4.78 is 18.8. The van der Waals surface area contributed by atoms with Crippen molar-refractivity contribution >= 4 is 0 Å². The van der Waals surface area contributed by atoms with Gasteiger partial charge in [0.2, 0.25) is 0 Å². The quantitative estimate of drug-likeness (QED) is 0.848. The van der Waals surface area contributed by atoms with Crippen LogP contribution in [0.3, 0.4) is 0 Å². The summed E-state index contributed by atoms with van der Waals surface area (Å²) in [6.07, 6.45) is 2.95. The first kappa shape index (κ1) is 12.2. The average Bonchev–Trinajstić information content (AvgIpc) is 2.35. The minimum absolute atomic E-state index is 0.0498. The van der Waals surface area contributed by atoms with Gasteiger partial charge in [0.05, 0.1) is 7.11 Å². The zero-order valence-electron chi connectivity index (χ0n) is 10.0. The normalized spacial score (nSPS) is 20.2. The number of halogens is 1. The molecule has 1 heterocycles. The monoisotopic (exact) mass is 239 g/mol. The van der Waals surface area contributed by atoms with E-state index in [-0.39, 0.29) is 11.5 Å². The van der Waals surface area contributed by atoms with Gasteiger partial charge in [-0.05, 0) is 49.9 Å². The van der Waals surface area contributed by atoms with Crippen molar-refractivity contribution < 1.29 is 14.2 Å². The molecule has 1 aromatic rings. The van der Waals surface area contributed by atoms with Crippen molar-refractivity contribution in [2.45, 2.75) is 19.3 Å². The Balaban J connectivity index is 2.15. The lowest BCUT2D eigenvalue weighted by atomic mass is 9.92. The first-order valence-electron chi connectivity index (χ1n) is 5.97. The second kappa shape index (κ2) is 5.36. The molecule has 1 saturated heterocycles. The fourth-order valence-corrected chi connectivity index (χ4v) is 2.35. The van der Waals surface area contributed by atoms with Crippen LogP contribution in [0.4, 0.5) is 4.39 Å². The highest BCUT2D eigenvalue weighted by Gasteiger charge is 2.19. The third-order valence-electron chi connectivity index (χ3n) is 3.27. The van der Waals surface area contributed by atoms with Gasteiger partial charge >= 0.3 is 0 Å². The molecule has 1 atom stereocenters. The highest BCUT2D eigenvalue weighted by atomic mass is 19.1. The molecule has 1 fully saturated rings. The third-order valence-corrected chi connectivity index (χ3v) is 3.27. The van der Waals surface area contributed by atoms with E-state index in [4.69, 9.17) is 4.74 Å². The van der Waals surface area contributed by atoms with Gasteiger partial charge in [-0.1, -0.05) is 6.07 Å². The Morgan fingerprint density at radius 3 is 3.00 bits per heavy atom. The summed E-state index contributed by atoms with van der Waals surface area (Å²) >= 11 is 0. The molecule has 0 aromatic heterocycles. The Kier molecular flexibility index (Phi) is 3.84. The van der Waals surface area contributed by atoms with Gasteiger partial charge in [-0.2, -0.15) is 0 Å². The first-order valence-corrected chi connectivity index (χ1v) is 5.97. The Hall–Kier alpha value is -1.29. The highest BCUT2D eigenvalue weighted by molar-refractivity contribution is 5.43. The number of nitrogens with one attached hydrogen (secondary N) is 1. The van der Waals surface area contributed by atoms with Crippen molar-refractivity contribution in [2.24, 2.45) is 5.92 Å². The molecule has 0 saturated carbocycles. The number of rotatable bonds is 3. The van der Waals surface area contributed by atoms with Gasteiger partial charge in [0, 0.05) is 0 Å². The number of hydrogen-bond donors (Lipinski definition) is 2. The topological polar surface area (TPSA) is 41.5 Å². The molecule has 1 aliphatic heterocycles. The fourth-order valence-electron chi connectivity index (χ4n) is 2.35. The maximum Gasteiger partial charge on any atom is 0.196 e.